The lowest BCUT2D eigenvalue weighted by Crippen LogP contribution is -2.24. The normalized spacial score (nSPS) is 12.5. The van der Waals surface area contributed by atoms with Crippen LogP contribution in [-0.2, 0) is 19.0 Å². The van der Waals surface area contributed by atoms with E-state index in [1.807, 2.05) is 6.92 Å². The van der Waals surface area contributed by atoms with Gasteiger partial charge in [0, 0.05) is 13.5 Å². The van der Waals surface area contributed by atoms with Crippen LogP contribution in [-0.4, -0.2) is 50.2 Å². The molecule has 1 unspecified atom stereocenters. The van der Waals surface area contributed by atoms with Gasteiger partial charge in [0.1, 0.15) is 12.7 Å². The molecule has 1 atom stereocenters. The fourth-order valence-corrected chi connectivity index (χ4v) is 0.845. The monoisotopic (exact) mass is 220 g/mol. The molecule has 0 fully saturated rings. The van der Waals surface area contributed by atoms with Crippen molar-refractivity contribution in [1.82, 2.24) is 0 Å². The standard InChI is InChI=1S/C10H20O5/c1-3-4-13-5-6-14-7-10(12)8-15-9(2)11/h10,12H,3-8H2,1-2H3. The van der Waals surface area contributed by atoms with Crippen LogP contribution in [0, 0.1) is 0 Å². The lowest BCUT2D eigenvalue weighted by molar-refractivity contribution is -0.145. The van der Waals surface area contributed by atoms with Gasteiger partial charge in [-0.3, -0.25) is 4.79 Å². The zero-order chi connectivity index (χ0) is 11.5. The first-order valence-corrected chi connectivity index (χ1v) is 5.13. The molecule has 0 aromatic rings. The number of esters is 1. The molecule has 0 aromatic heterocycles. The zero-order valence-corrected chi connectivity index (χ0v) is 9.40. The Balaban J connectivity index is 3.16. The van der Waals surface area contributed by atoms with Crippen LogP contribution in [0.1, 0.15) is 20.3 Å². The van der Waals surface area contributed by atoms with E-state index in [1.54, 1.807) is 0 Å². The van der Waals surface area contributed by atoms with E-state index in [0.717, 1.165) is 13.0 Å². The molecular weight excluding hydrogens is 200 g/mol. The molecule has 0 spiro atoms. The Bertz CT molecular complexity index is 160. The summed E-state index contributed by atoms with van der Waals surface area (Å²) in [6.07, 6.45) is 0.217. The highest BCUT2D eigenvalue weighted by Gasteiger charge is 2.05. The van der Waals surface area contributed by atoms with Gasteiger partial charge in [-0.25, -0.2) is 0 Å². The number of carbonyl (C=O) groups excluding carboxylic acids is 1. The Kier molecular flexibility index (Phi) is 9.46. The molecule has 5 nitrogen and oxygen atoms in total. The highest BCUT2D eigenvalue weighted by atomic mass is 16.6. The van der Waals surface area contributed by atoms with Crippen molar-refractivity contribution >= 4 is 5.97 Å². The van der Waals surface area contributed by atoms with Crippen LogP contribution < -0.4 is 0 Å². The highest BCUT2D eigenvalue weighted by molar-refractivity contribution is 5.65. The number of hydrogen-bond donors (Lipinski definition) is 1. The molecule has 5 heteroatoms. The third kappa shape index (κ3) is 11.3. The maximum Gasteiger partial charge on any atom is 0.302 e. The smallest absolute Gasteiger partial charge is 0.302 e. The van der Waals surface area contributed by atoms with Gasteiger partial charge in [-0.1, -0.05) is 6.92 Å². The quantitative estimate of drug-likeness (QED) is 0.449. The van der Waals surface area contributed by atoms with Gasteiger partial charge in [0.05, 0.1) is 19.8 Å². The summed E-state index contributed by atoms with van der Waals surface area (Å²) in [5.41, 5.74) is 0. The van der Waals surface area contributed by atoms with Gasteiger partial charge in [0.15, 0.2) is 0 Å². The molecule has 0 bridgehead atoms. The molecule has 0 rings (SSSR count). The first-order valence-electron chi connectivity index (χ1n) is 5.13. The summed E-state index contributed by atoms with van der Waals surface area (Å²) >= 11 is 0. The van der Waals surface area contributed by atoms with Gasteiger partial charge in [-0.15, -0.1) is 0 Å². The van der Waals surface area contributed by atoms with E-state index in [0.29, 0.717) is 13.2 Å². The topological polar surface area (TPSA) is 65.0 Å². The molecule has 90 valence electrons. The maximum absolute atomic E-state index is 10.4. The summed E-state index contributed by atoms with van der Waals surface area (Å²) in [5, 5.41) is 9.26. The van der Waals surface area contributed by atoms with Gasteiger partial charge < -0.3 is 19.3 Å². The van der Waals surface area contributed by atoms with Crippen LogP contribution in [0.3, 0.4) is 0 Å². The van der Waals surface area contributed by atoms with Gasteiger partial charge in [0.25, 0.3) is 0 Å². The fourth-order valence-electron chi connectivity index (χ4n) is 0.845. The summed E-state index contributed by atoms with van der Waals surface area (Å²) in [5.74, 6) is -0.402. The second-order valence-corrected chi connectivity index (χ2v) is 3.14. The van der Waals surface area contributed by atoms with Crippen LogP contribution in [0.4, 0.5) is 0 Å². The van der Waals surface area contributed by atoms with E-state index in [-0.39, 0.29) is 13.2 Å². The Morgan fingerprint density at radius 2 is 1.87 bits per heavy atom. The molecular formula is C10H20O5. The summed E-state index contributed by atoms with van der Waals surface area (Å²) < 4.78 is 14.9. The Labute approximate surface area is 90.3 Å². The van der Waals surface area contributed by atoms with E-state index in [2.05, 4.69) is 4.74 Å². The number of ether oxygens (including phenoxy) is 3. The molecule has 0 aliphatic carbocycles. The van der Waals surface area contributed by atoms with Crippen LogP contribution in [0.15, 0.2) is 0 Å². The Morgan fingerprint density at radius 3 is 2.47 bits per heavy atom. The summed E-state index contributed by atoms with van der Waals surface area (Å²) in [7, 11) is 0. The number of aliphatic hydroxyl groups excluding tert-OH is 1. The molecule has 0 saturated carbocycles. The van der Waals surface area contributed by atoms with E-state index >= 15 is 0 Å². The molecule has 1 N–H and O–H groups in total. The Hall–Kier alpha value is -0.650. The molecule has 0 amide bonds. The number of rotatable bonds is 9. The maximum atomic E-state index is 10.4. The molecule has 15 heavy (non-hydrogen) atoms. The largest absolute Gasteiger partial charge is 0.463 e. The van der Waals surface area contributed by atoms with Gasteiger partial charge in [-0.05, 0) is 6.42 Å². The van der Waals surface area contributed by atoms with Gasteiger partial charge in [0.2, 0.25) is 0 Å². The molecule has 0 radical (unpaired) electrons. The predicted octanol–water partition coefficient (Wildman–Crippen LogP) is 0.354. The van der Waals surface area contributed by atoms with Crippen molar-refractivity contribution in [3.63, 3.8) is 0 Å². The average molecular weight is 220 g/mol. The average Bonchev–Trinajstić information content (AvgIpc) is 2.20. The van der Waals surface area contributed by atoms with E-state index < -0.39 is 12.1 Å². The summed E-state index contributed by atoms with van der Waals surface area (Å²) in [4.78, 5) is 10.4. The zero-order valence-electron chi connectivity index (χ0n) is 9.40. The van der Waals surface area contributed by atoms with Gasteiger partial charge >= 0.3 is 5.97 Å². The van der Waals surface area contributed by atoms with Crippen LogP contribution in [0.25, 0.3) is 0 Å². The van der Waals surface area contributed by atoms with Crippen molar-refractivity contribution in [2.75, 3.05) is 33.0 Å². The second kappa shape index (κ2) is 9.89. The number of carbonyl (C=O) groups is 1. The lowest BCUT2D eigenvalue weighted by atomic mass is 10.4. The van der Waals surface area contributed by atoms with E-state index in [9.17, 15) is 9.90 Å². The first kappa shape index (κ1) is 14.3. The lowest BCUT2D eigenvalue weighted by Gasteiger charge is -2.10. The van der Waals surface area contributed by atoms with Crippen molar-refractivity contribution < 1.29 is 24.1 Å². The molecule has 0 aliphatic heterocycles. The van der Waals surface area contributed by atoms with E-state index in [4.69, 9.17) is 9.47 Å². The third-order valence-corrected chi connectivity index (χ3v) is 1.51. The molecule has 0 saturated heterocycles. The Morgan fingerprint density at radius 1 is 1.20 bits per heavy atom. The summed E-state index contributed by atoms with van der Waals surface area (Å²) in [6, 6.07) is 0. The molecule has 0 aliphatic rings. The predicted molar refractivity (Wildman–Crippen MR) is 54.6 cm³/mol. The second-order valence-electron chi connectivity index (χ2n) is 3.14. The summed E-state index contributed by atoms with van der Waals surface area (Å²) in [6.45, 7) is 5.15. The molecule has 0 aromatic carbocycles. The minimum Gasteiger partial charge on any atom is -0.463 e. The minimum atomic E-state index is -0.764. The van der Waals surface area contributed by atoms with Crippen LogP contribution >= 0.6 is 0 Å². The number of hydrogen-bond acceptors (Lipinski definition) is 5. The van der Waals surface area contributed by atoms with Crippen molar-refractivity contribution in [2.45, 2.75) is 26.4 Å². The van der Waals surface area contributed by atoms with Crippen molar-refractivity contribution in [2.24, 2.45) is 0 Å². The van der Waals surface area contributed by atoms with Crippen LogP contribution in [0.5, 0.6) is 0 Å². The molecule has 0 heterocycles. The van der Waals surface area contributed by atoms with Crippen molar-refractivity contribution in [3.05, 3.63) is 0 Å². The third-order valence-electron chi connectivity index (χ3n) is 1.51. The van der Waals surface area contributed by atoms with E-state index in [1.165, 1.54) is 6.92 Å². The van der Waals surface area contributed by atoms with Gasteiger partial charge in [-0.2, -0.15) is 0 Å². The minimum absolute atomic E-state index is 0.0227. The SMILES string of the molecule is CCCOCCOCC(O)COC(C)=O. The first-order chi connectivity index (χ1) is 7.16. The van der Waals surface area contributed by atoms with Crippen LogP contribution in [0.2, 0.25) is 0 Å². The highest BCUT2D eigenvalue weighted by Crippen LogP contribution is 1.89. The number of aliphatic hydroxyl groups is 1. The van der Waals surface area contributed by atoms with Crippen molar-refractivity contribution in [3.8, 4) is 0 Å². The fraction of sp³-hybridized carbons (Fsp3) is 0.900. The van der Waals surface area contributed by atoms with Crippen molar-refractivity contribution in [1.29, 1.82) is 0 Å².